The fraction of sp³-hybridized carbons (Fsp3) is 0.533. The monoisotopic (exact) mass is 371 g/mol. The minimum absolute atomic E-state index is 0.107. The molecule has 1 saturated heterocycles. The summed E-state index contributed by atoms with van der Waals surface area (Å²) in [7, 11) is 1.56. The highest BCUT2D eigenvalue weighted by atomic mass is 79.9. The molecular formula is C15H22BrN3O3. The van der Waals surface area contributed by atoms with Gasteiger partial charge in [-0.2, -0.15) is 0 Å². The molecule has 0 spiro atoms. The molecule has 1 atom stereocenters. The highest BCUT2D eigenvalue weighted by molar-refractivity contribution is 9.10. The van der Waals surface area contributed by atoms with Crippen LogP contribution >= 0.6 is 15.9 Å². The van der Waals surface area contributed by atoms with E-state index in [0.29, 0.717) is 19.8 Å². The number of anilines is 2. The first kappa shape index (κ1) is 17.2. The average molecular weight is 372 g/mol. The van der Waals surface area contributed by atoms with Gasteiger partial charge in [-0.05, 0) is 18.2 Å². The zero-order valence-electron chi connectivity index (χ0n) is 12.7. The van der Waals surface area contributed by atoms with Crippen LogP contribution in [0.15, 0.2) is 22.7 Å². The molecule has 0 aliphatic carbocycles. The van der Waals surface area contributed by atoms with Crippen molar-refractivity contribution in [1.82, 2.24) is 0 Å². The summed E-state index contributed by atoms with van der Waals surface area (Å²) in [4.78, 5) is 14.4. The van der Waals surface area contributed by atoms with Crippen LogP contribution in [-0.2, 0) is 14.3 Å². The third kappa shape index (κ3) is 4.67. The van der Waals surface area contributed by atoms with Crippen LogP contribution in [0.5, 0.6) is 0 Å². The summed E-state index contributed by atoms with van der Waals surface area (Å²) in [5, 5.41) is 2.96. The highest BCUT2D eigenvalue weighted by Crippen LogP contribution is 2.30. The lowest BCUT2D eigenvalue weighted by atomic mass is 10.2. The van der Waals surface area contributed by atoms with E-state index in [9.17, 15) is 4.79 Å². The molecule has 0 saturated carbocycles. The van der Waals surface area contributed by atoms with Crippen molar-refractivity contribution in [3.63, 3.8) is 0 Å². The van der Waals surface area contributed by atoms with E-state index in [1.54, 1.807) is 7.11 Å². The topological polar surface area (TPSA) is 76.8 Å². The average Bonchev–Trinajstić information content (AvgIpc) is 2.53. The Labute approximate surface area is 139 Å². The van der Waals surface area contributed by atoms with Gasteiger partial charge in [0, 0.05) is 31.2 Å². The van der Waals surface area contributed by atoms with Crippen LogP contribution in [0.25, 0.3) is 0 Å². The molecule has 1 aromatic carbocycles. The molecule has 1 aromatic rings. The van der Waals surface area contributed by atoms with Crippen molar-refractivity contribution in [3.05, 3.63) is 22.7 Å². The predicted molar refractivity (Wildman–Crippen MR) is 90.3 cm³/mol. The molecule has 6 nitrogen and oxygen atoms in total. The number of nitrogens with zero attached hydrogens (tertiary/aromatic N) is 1. The fourth-order valence-corrected chi connectivity index (χ4v) is 2.72. The molecule has 1 aliphatic heterocycles. The van der Waals surface area contributed by atoms with Crippen LogP contribution < -0.4 is 16.0 Å². The number of ether oxygens (including phenoxy) is 2. The van der Waals surface area contributed by atoms with Gasteiger partial charge in [-0.3, -0.25) is 4.79 Å². The standard InChI is InChI=1S/C15H22BrN3O3/c1-21-12(10-17)9-15(20)18-13-8-11(16)2-3-14(13)19-4-6-22-7-5-19/h2-3,8,12H,4-7,9-10,17H2,1H3,(H,18,20). The summed E-state index contributed by atoms with van der Waals surface area (Å²) >= 11 is 3.45. The minimum atomic E-state index is -0.265. The second kappa shape index (κ2) is 8.47. The lowest BCUT2D eigenvalue weighted by Gasteiger charge is -2.30. The minimum Gasteiger partial charge on any atom is -0.380 e. The smallest absolute Gasteiger partial charge is 0.227 e. The lowest BCUT2D eigenvalue weighted by Crippen LogP contribution is -2.37. The molecule has 0 bridgehead atoms. The second-order valence-electron chi connectivity index (χ2n) is 5.11. The van der Waals surface area contributed by atoms with Crippen LogP contribution in [0.1, 0.15) is 6.42 Å². The van der Waals surface area contributed by atoms with Crippen molar-refractivity contribution < 1.29 is 14.3 Å². The van der Waals surface area contributed by atoms with Crippen molar-refractivity contribution >= 4 is 33.2 Å². The van der Waals surface area contributed by atoms with Crippen LogP contribution in [0.2, 0.25) is 0 Å². The van der Waals surface area contributed by atoms with E-state index in [1.165, 1.54) is 0 Å². The largest absolute Gasteiger partial charge is 0.380 e. The van der Waals surface area contributed by atoms with Gasteiger partial charge in [0.2, 0.25) is 5.91 Å². The van der Waals surface area contributed by atoms with Gasteiger partial charge in [0.25, 0.3) is 0 Å². The zero-order valence-corrected chi connectivity index (χ0v) is 14.3. The number of nitrogens with one attached hydrogen (secondary N) is 1. The van der Waals surface area contributed by atoms with Gasteiger partial charge in [0.15, 0.2) is 0 Å². The van der Waals surface area contributed by atoms with Crippen LogP contribution in [0.4, 0.5) is 11.4 Å². The predicted octanol–water partition coefficient (Wildman–Crippen LogP) is 1.59. The first-order valence-electron chi connectivity index (χ1n) is 7.29. The van der Waals surface area contributed by atoms with E-state index < -0.39 is 0 Å². The number of halogens is 1. The number of morpholine rings is 1. The van der Waals surface area contributed by atoms with Gasteiger partial charge in [0.05, 0.1) is 37.1 Å². The third-order valence-electron chi connectivity index (χ3n) is 3.59. The normalized spacial score (nSPS) is 16.4. The highest BCUT2D eigenvalue weighted by Gasteiger charge is 2.18. The Balaban J connectivity index is 2.11. The van der Waals surface area contributed by atoms with Crippen molar-refractivity contribution in [2.24, 2.45) is 5.73 Å². The number of methoxy groups -OCH3 is 1. The maximum atomic E-state index is 12.2. The van der Waals surface area contributed by atoms with Crippen molar-refractivity contribution in [1.29, 1.82) is 0 Å². The Hall–Kier alpha value is -1.15. The molecule has 22 heavy (non-hydrogen) atoms. The summed E-state index contributed by atoms with van der Waals surface area (Å²) in [5.74, 6) is -0.107. The number of benzene rings is 1. The molecular weight excluding hydrogens is 350 g/mol. The number of amides is 1. The number of hydrogen-bond acceptors (Lipinski definition) is 5. The van der Waals surface area contributed by atoms with Gasteiger partial charge in [-0.15, -0.1) is 0 Å². The van der Waals surface area contributed by atoms with E-state index in [0.717, 1.165) is 28.9 Å². The molecule has 7 heteroatoms. The fourth-order valence-electron chi connectivity index (χ4n) is 2.36. The Kier molecular flexibility index (Phi) is 6.63. The Bertz CT molecular complexity index is 503. The first-order valence-corrected chi connectivity index (χ1v) is 8.08. The SMILES string of the molecule is COC(CN)CC(=O)Nc1cc(Br)ccc1N1CCOCC1. The first-order chi connectivity index (χ1) is 10.6. The van der Waals surface area contributed by atoms with Crippen LogP contribution in [-0.4, -0.2) is 52.0 Å². The molecule has 2 rings (SSSR count). The van der Waals surface area contributed by atoms with Crippen molar-refractivity contribution in [2.45, 2.75) is 12.5 Å². The summed E-state index contributed by atoms with van der Waals surface area (Å²) in [6.45, 7) is 3.34. The van der Waals surface area contributed by atoms with Gasteiger partial charge in [-0.25, -0.2) is 0 Å². The molecule has 0 aromatic heterocycles. The Morgan fingerprint density at radius 2 is 2.23 bits per heavy atom. The molecule has 1 heterocycles. The number of carbonyl (C=O) groups excluding carboxylic acids is 1. The van der Waals surface area contributed by atoms with E-state index >= 15 is 0 Å². The Morgan fingerprint density at radius 3 is 2.86 bits per heavy atom. The molecule has 1 unspecified atom stereocenters. The van der Waals surface area contributed by atoms with Crippen molar-refractivity contribution in [3.8, 4) is 0 Å². The van der Waals surface area contributed by atoms with E-state index in [-0.39, 0.29) is 18.4 Å². The molecule has 122 valence electrons. The van der Waals surface area contributed by atoms with Gasteiger partial charge in [0.1, 0.15) is 0 Å². The third-order valence-corrected chi connectivity index (χ3v) is 4.09. The summed E-state index contributed by atoms with van der Waals surface area (Å²) in [6, 6.07) is 5.88. The molecule has 0 radical (unpaired) electrons. The number of nitrogens with two attached hydrogens (primary N) is 1. The number of hydrogen-bond donors (Lipinski definition) is 2. The lowest BCUT2D eigenvalue weighted by molar-refractivity contribution is -0.118. The van der Waals surface area contributed by atoms with Gasteiger partial charge < -0.3 is 25.4 Å². The Morgan fingerprint density at radius 1 is 1.50 bits per heavy atom. The summed E-state index contributed by atoms with van der Waals surface area (Å²) < 4.78 is 11.5. The molecule has 3 N–H and O–H groups in total. The quantitative estimate of drug-likeness (QED) is 0.793. The maximum Gasteiger partial charge on any atom is 0.227 e. The van der Waals surface area contributed by atoms with E-state index in [1.807, 2.05) is 18.2 Å². The van der Waals surface area contributed by atoms with Crippen LogP contribution in [0.3, 0.4) is 0 Å². The van der Waals surface area contributed by atoms with E-state index in [4.69, 9.17) is 15.2 Å². The molecule has 1 amide bonds. The van der Waals surface area contributed by atoms with E-state index in [2.05, 4.69) is 26.1 Å². The summed E-state index contributed by atoms with van der Waals surface area (Å²) in [6.07, 6.45) is -0.0267. The second-order valence-corrected chi connectivity index (χ2v) is 6.02. The summed E-state index contributed by atoms with van der Waals surface area (Å²) in [5.41, 5.74) is 7.35. The van der Waals surface area contributed by atoms with Gasteiger partial charge in [-0.1, -0.05) is 15.9 Å². The maximum absolute atomic E-state index is 12.2. The zero-order chi connectivity index (χ0) is 15.9. The van der Waals surface area contributed by atoms with Crippen LogP contribution in [0, 0.1) is 0 Å². The molecule has 1 aliphatic rings. The number of carbonyl (C=O) groups is 1. The van der Waals surface area contributed by atoms with Gasteiger partial charge >= 0.3 is 0 Å². The number of rotatable bonds is 6. The van der Waals surface area contributed by atoms with Crippen molar-refractivity contribution in [2.75, 3.05) is 50.2 Å². The molecule has 1 fully saturated rings.